The lowest BCUT2D eigenvalue weighted by molar-refractivity contribution is -0.126. The lowest BCUT2D eigenvalue weighted by Gasteiger charge is -2.31. The zero-order valence-corrected chi connectivity index (χ0v) is 11.9. The van der Waals surface area contributed by atoms with E-state index in [0.717, 1.165) is 13.0 Å². The molecule has 0 bridgehead atoms. The molecule has 2 N–H and O–H groups in total. The van der Waals surface area contributed by atoms with Gasteiger partial charge in [-0.15, -0.1) is 0 Å². The molecule has 5 heteroatoms. The van der Waals surface area contributed by atoms with Gasteiger partial charge in [-0.1, -0.05) is 25.4 Å². The third-order valence-electron chi connectivity index (χ3n) is 3.87. The van der Waals surface area contributed by atoms with E-state index in [-0.39, 0.29) is 16.8 Å². The second-order valence-corrected chi connectivity index (χ2v) is 5.79. The van der Waals surface area contributed by atoms with E-state index in [9.17, 15) is 9.18 Å². The monoisotopic (exact) mass is 284 g/mol. The van der Waals surface area contributed by atoms with Crippen LogP contribution >= 0.6 is 11.6 Å². The Bertz CT molecular complexity index is 464. The van der Waals surface area contributed by atoms with Crippen molar-refractivity contribution in [2.75, 3.05) is 18.4 Å². The number of nitrogens with one attached hydrogen (secondary N) is 2. The van der Waals surface area contributed by atoms with Gasteiger partial charge in [0, 0.05) is 17.3 Å². The highest BCUT2D eigenvalue weighted by Crippen LogP contribution is 2.35. The third kappa shape index (κ3) is 2.90. The number of anilines is 1. The summed E-state index contributed by atoms with van der Waals surface area (Å²) in [4.78, 5) is 12.5. The molecule has 104 valence electrons. The molecule has 1 aromatic rings. The van der Waals surface area contributed by atoms with Gasteiger partial charge in [0.2, 0.25) is 5.91 Å². The molecule has 1 amide bonds. The fourth-order valence-electron chi connectivity index (χ4n) is 2.54. The molecule has 0 aliphatic carbocycles. The van der Waals surface area contributed by atoms with Gasteiger partial charge in [-0.25, -0.2) is 4.39 Å². The van der Waals surface area contributed by atoms with Gasteiger partial charge in [0.25, 0.3) is 0 Å². The molecule has 0 radical (unpaired) electrons. The maximum Gasteiger partial charge on any atom is 0.232 e. The number of hydrogen-bond donors (Lipinski definition) is 2. The van der Waals surface area contributed by atoms with Crippen molar-refractivity contribution in [3.05, 3.63) is 29.0 Å². The fourth-order valence-corrected chi connectivity index (χ4v) is 2.76. The van der Waals surface area contributed by atoms with Crippen molar-refractivity contribution in [2.45, 2.75) is 20.3 Å². The van der Waals surface area contributed by atoms with Crippen LogP contribution < -0.4 is 10.6 Å². The van der Waals surface area contributed by atoms with E-state index in [1.54, 1.807) is 6.07 Å². The minimum absolute atomic E-state index is 0.0748. The Balaban J connectivity index is 2.20. The van der Waals surface area contributed by atoms with Crippen molar-refractivity contribution in [1.29, 1.82) is 0 Å². The Morgan fingerprint density at radius 1 is 1.47 bits per heavy atom. The zero-order chi connectivity index (χ0) is 14.0. The summed E-state index contributed by atoms with van der Waals surface area (Å²) in [7, 11) is 0. The number of rotatable bonds is 3. The van der Waals surface area contributed by atoms with E-state index in [1.807, 2.05) is 13.8 Å². The molecular weight excluding hydrogens is 267 g/mol. The van der Waals surface area contributed by atoms with Crippen molar-refractivity contribution in [1.82, 2.24) is 5.32 Å². The summed E-state index contributed by atoms with van der Waals surface area (Å²) in [5.41, 5.74) is -0.0272. The maximum atomic E-state index is 13.3. The molecule has 1 saturated heterocycles. The van der Waals surface area contributed by atoms with E-state index in [2.05, 4.69) is 10.6 Å². The van der Waals surface area contributed by atoms with Crippen LogP contribution in [0.25, 0.3) is 0 Å². The van der Waals surface area contributed by atoms with Gasteiger partial charge >= 0.3 is 0 Å². The van der Waals surface area contributed by atoms with Crippen molar-refractivity contribution < 1.29 is 9.18 Å². The molecule has 1 heterocycles. The summed E-state index contributed by atoms with van der Waals surface area (Å²) >= 11 is 5.79. The summed E-state index contributed by atoms with van der Waals surface area (Å²) < 4.78 is 13.3. The number of amides is 1. The van der Waals surface area contributed by atoms with E-state index in [4.69, 9.17) is 11.6 Å². The smallest absolute Gasteiger partial charge is 0.232 e. The second-order valence-electron chi connectivity index (χ2n) is 5.35. The Morgan fingerprint density at radius 2 is 2.21 bits per heavy atom. The van der Waals surface area contributed by atoms with Crippen molar-refractivity contribution in [3.8, 4) is 0 Å². The molecule has 1 aliphatic rings. The molecule has 1 aliphatic heterocycles. The zero-order valence-electron chi connectivity index (χ0n) is 11.1. The average Bonchev–Trinajstić information content (AvgIpc) is 2.77. The highest BCUT2D eigenvalue weighted by Gasteiger charge is 2.43. The molecule has 0 aromatic heterocycles. The first-order valence-corrected chi connectivity index (χ1v) is 6.80. The average molecular weight is 285 g/mol. The summed E-state index contributed by atoms with van der Waals surface area (Å²) in [6.45, 7) is 5.55. The number of halogens is 2. The van der Waals surface area contributed by atoms with Crippen LogP contribution in [-0.4, -0.2) is 19.0 Å². The predicted octanol–water partition coefficient (Wildman–Crippen LogP) is 3.05. The van der Waals surface area contributed by atoms with E-state index >= 15 is 0 Å². The van der Waals surface area contributed by atoms with Crippen LogP contribution in [0.5, 0.6) is 0 Å². The molecule has 1 fully saturated rings. The van der Waals surface area contributed by atoms with Gasteiger partial charge in [0.1, 0.15) is 5.82 Å². The van der Waals surface area contributed by atoms with Gasteiger partial charge in [-0.3, -0.25) is 4.79 Å². The highest BCUT2D eigenvalue weighted by molar-refractivity contribution is 6.30. The lowest BCUT2D eigenvalue weighted by Crippen LogP contribution is -2.42. The van der Waals surface area contributed by atoms with Crippen molar-refractivity contribution in [2.24, 2.45) is 11.3 Å². The fraction of sp³-hybridized carbons (Fsp3) is 0.500. The Morgan fingerprint density at radius 3 is 2.74 bits per heavy atom. The number of hydrogen-bond acceptors (Lipinski definition) is 2. The molecule has 0 saturated carbocycles. The SMILES string of the molecule is CC(C)C1(C(=O)Nc2cc(F)cc(Cl)c2)CCNC1. The van der Waals surface area contributed by atoms with Crippen LogP contribution in [0.15, 0.2) is 18.2 Å². The summed E-state index contributed by atoms with van der Waals surface area (Å²) in [6, 6.07) is 4.05. The van der Waals surface area contributed by atoms with Crippen molar-refractivity contribution >= 4 is 23.2 Å². The van der Waals surface area contributed by atoms with Gasteiger partial charge in [-0.05, 0) is 37.1 Å². The number of carbonyl (C=O) groups is 1. The molecule has 1 unspecified atom stereocenters. The summed E-state index contributed by atoms with van der Waals surface area (Å²) in [6.07, 6.45) is 0.791. The van der Waals surface area contributed by atoms with Crippen LogP contribution in [0.3, 0.4) is 0 Å². The van der Waals surface area contributed by atoms with Gasteiger partial charge in [-0.2, -0.15) is 0 Å². The molecule has 2 rings (SSSR count). The van der Waals surface area contributed by atoms with Crippen LogP contribution in [0.4, 0.5) is 10.1 Å². The molecule has 19 heavy (non-hydrogen) atoms. The van der Waals surface area contributed by atoms with E-state index in [0.29, 0.717) is 12.2 Å². The maximum absolute atomic E-state index is 13.3. The Labute approximate surface area is 117 Å². The van der Waals surface area contributed by atoms with Crippen molar-refractivity contribution in [3.63, 3.8) is 0 Å². The molecule has 0 spiro atoms. The van der Waals surface area contributed by atoms with Gasteiger partial charge in [0.15, 0.2) is 0 Å². The third-order valence-corrected chi connectivity index (χ3v) is 4.08. The van der Waals surface area contributed by atoms with Gasteiger partial charge in [0.05, 0.1) is 5.41 Å². The number of carbonyl (C=O) groups excluding carboxylic acids is 1. The molecule has 3 nitrogen and oxygen atoms in total. The quantitative estimate of drug-likeness (QED) is 0.896. The minimum Gasteiger partial charge on any atom is -0.325 e. The minimum atomic E-state index is -0.453. The Hall–Kier alpha value is -1.13. The van der Waals surface area contributed by atoms with Crippen LogP contribution in [-0.2, 0) is 4.79 Å². The summed E-state index contributed by atoms with van der Waals surface area (Å²) in [5.74, 6) is -0.313. The topological polar surface area (TPSA) is 41.1 Å². The summed E-state index contributed by atoms with van der Waals surface area (Å²) in [5, 5.41) is 6.28. The lowest BCUT2D eigenvalue weighted by atomic mass is 9.75. The van der Waals surface area contributed by atoms with Crippen LogP contribution in [0.1, 0.15) is 20.3 Å². The molecule has 1 atom stereocenters. The first-order chi connectivity index (χ1) is 8.94. The first kappa shape index (κ1) is 14.3. The van der Waals surface area contributed by atoms with E-state index in [1.165, 1.54) is 12.1 Å². The molecular formula is C14H18ClFN2O. The Kier molecular flexibility index (Phi) is 4.11. The highest BCUT2D eigenvalue weighted by atomic mass is 35.5. The van der Waals surface area contributed by atoms with Crippen LogP contribution in [0.2, 0.25) is 5.02 Å². The first-order valence-electron chi connectivity index (χ1n) is 6.42. The van der Waals surface area contributed by atoms with Crippen LogP contribution in [0, 0.1) is 17.2 Å². The number of benzene rings is 1. The predicted molar refractivity (Wildman–Crippen MR) is 74.8 cm³/mol. The standard InChI is InChI=1S/C14H18ClFN2O/c1-9(2)14(3-4-17-8-14)13(19)18-12-6-10(15)5-11(16)7-12/h5-7,9,17H,3-4,8H2,1-2H3,(H,18,19). The second kappa shape index (κ2) is 5.47. The largest absolute Gasteiger partial charge is 0.325 e. The normalized spacial score (nSPS) is 22.8. The molecule has 1 aromatic carbocycles. The van der Waals surface area contributed by atoms with Gasteiger partial charge < -0.3 is 10.6 Å². The van der Waals surface area contributed by atoms with E-state index < -0.39 is 11.2 Å².